The molecule has 0 aliphatic heterocycles. The van der Waals surface area contributed by atoms with Crippen molar-refractivity contribution in [2.75, 3.05) is 6.61 Å². The van der Waals surface area contributed by atoms with Crippen LogP contribution in [0.1, 0.15) is 19.5 Å². The maximum atomic E-state index is 11.7. The molecule has 1 rings (SSSR count). The first-order valence-corrected chi connectivity index (χ1v) is 6.60. The molecule has 0 spiro atoms. The second kappa shape index (κ2) is 5.42. The Morgan fingerprint density at radius 1 is 1.56 bits per heavy atom. The van der Waals surface area contributed by atoms with Crippen molar-refractivity contribution in [1.29, 1.82) is 0 Å². The Bertz CT molecular complexity index is 399. The highest BCUT2D eigenvalue weighted by molar-refractivity contribution is 7.88. The van der Waals surface area contributed by atoms with Gasteiger partial charge in [0.2, 0.25) is 10.0 Å². The van der Waals surface area contributed by atoms with Crippen LogP contribution in [0.4, 0.5) is 0 Å². The molecule has 92 valence electrons. The van der Waals surface area contributed by atoms with Crippen LogP contribution in [0.2, 0.25) is 0 Å². The highest BCUT2D eigenvalue weighted by Crippen LogP contribution is 2.06. The number of aliphatic hydroxyl groups excluding tert-OH is 1. The third kappa shape index (κ3) is 3.92. The zero-order valence-electron chi connectivity index (χ0n) is 9.25. The average Bonchev–Trinajstić information content (AvgIpc) is 2.65. The van der Waals surface area contributed by atoms with Gasteiger partial charge in [-0.2, -0.15) is 0 Å². The molecular formula is C9H16N2O4S. The lowest BCUT2D eigenvalue weighted by Gasteiger charge is -2.19. The Labute approximate surface area is 94.7 Å². The normalized spacial score (nSPS) is 14.2. The monoisotopic (exact) mass is 248 g/mol. The number of hydrogen-bond donors (Lipinski definition) is 2. The second-order valence-electron chi connectivity index (χ2n) is 3.90. The fraction of sp³-hybridized carbons (Fsp3) is 0.667. The average molecular weight is 248 g/mol. The van der Waals surface area contributed by atoms with Gasteiger partial charge in [-0.05, 0) is 5.92 Å². The van der Waals surface area contributed by atoms with Gasteiger partial charge in [-0.15, -0.1) is 0 Å². The molecule has 0 amide bonds. The summed E-state index contributed by atoms with van der Waals surface area (Å²) in [4.78, 5) is 0. The van der Waals surface area contributed by atoms with E-state index in [1.54, 1.807) is 0 Å². The van der Waals surface area contributed by atoms with Crippen molar-refractivity contribution in [2.24, 2.45) is 5.92 Å². The Hall–Kier alpha value is -0.920. The van der Waals surface area contributed by atoms with Gasteiger partial charge in [0.15, 0.2) is 0 Å². The van der Waals surface area contributed by atoms with Crippen molar-refractivity contribution in [3.05, 3.63) is 18.0 Å². The van der Waals surface area contributed by atoms with Crippen LogP contribution in [0, 0.1) is 5.92 Å². The van der Waals surface area contributed by atoms with E-state index in [4.69, 9.17) is 5.11 Å². The predicted molar refractivity (Wildman–Crippen MR) is 58.0 cm³/mol. The molecule has 0 saturated carbocycles. The molecule has 0 unspecified atom stereocenters. The van der Waals surface area contributed by atoms with E-state index >= 15 is 0 Å². The highest BCUT2D eigenvalue weighted by atomic mass is 32.2. The Balaban J connectivity index is 2.64. The van der Waals surface area contributed by atoms with E-state index < -0.39 is 16.1 Å². The predicted octanol–water partition coefficient (Wildman–Crippen LogP) is 0.111. The number of aliphatic hydroxyl groups is 1. The van der Waals surface area contributed by atoms with Gasteiger partial charge < -0.3 is 9.63 Å². The molecule has 0 aliphatic carbocycles. The van der Waals surface area contributed by atoms with Gasteiger partial charge in [0.25, 0.3) is 0 Å². The van der Waals surface area contributed by atoms with Gasteiger partial charge in [-0.3, -0.25) is 0 Å². The lowest BCUT2D eigenvalue weighted by atomic mass is 10.1. The first-order valence-electron chi connectivity index (χ1n) is 4.94. The smallest absolute Gasteiger partial charge is 0.217 e. The molecule has 1 heterocycles. The molecule has 6 nitrogen and oxygen atoms in total. The van der Waals surface area contributed by atoms with E-state index in [1.165, 1.54) is 12.3 Å². The van der Waals surface area contributed by atoms with E-state index in [-0.39, 0.29) is 18.3 Å². The van der Waals surface area contributed by atoms with Gasteiger partial charge in [0.05, 0.1) is 12.3 Å². The van der Waals surface area contributed by atoms with E-state index in [2.05, 4.69) is 14.4 Å². The summed E-state index contributed by atoms with van der Waals surface area (Å²) in [5.41, 5.74) is 0.341. The van der Waals surface area contributed by atoms with Crippen molar-refractivity contribution in [2.45, 2.75) is 25.6 Å². The molecule has 1 aromatic rings. The third-order valence-electron chi connectivity index (χ3n) is 2.16. The molecule has 0 aliphatic rings. The van der Waals surface area contributed by atoms with Crippen molar-refractivity contribution >= 4 is 10.0 Å². The highest BCUT2D eigenvalue weighted by Gasteiger charge is 2.21. The van der Waals surface area contributed by atoms with Gasteiger partial charge in [-0.25, -0.2) is 13.1 Å². The molecule has 0 saturated heterocycles. The minimum atomic E-state index is -3.49. The van der Waals surface area contributed by atoms with E-state index in [0.717, 1.165) is 0 Å². The Morgan fingerprint density at radius 2 is 2.25 bits per heavy atom. The van der Waals surface area contributed by atoms with Crippen LogP contribution in [-0.2, 0) is 15.8 Å². The quantitative estimate of drug-likeness (QED) is 0.745. The molecule has 0 fully saturated rings. The third-order valence-corrected chi connectivity index (χ3v) is 3.50. The minimum absolute atomic E-state index is 0.0251. The van der Waals surface area contributed by atoms with Crippen molar-refractivity contribution in [3.63, 3.8) is 0 Å². The van der Waals surface area contributed by atoms with Crippen LogP contribution in [0.3, 0.4) is 0 Å². The van der Waals surface area contributed by atoms with Crippen LogP contribution in [0.5, 0.6) is 0 Å². The summed E-state index contributed by atoms with van der Waals surface area (Å²) in [6.45, 7) is 3.44. The SMILES string of the molecule is CC(C)[C@@H](CO)NS(=O)(=O)Cc1ccon1. The number of rotatable bonds is 6. The fourth-order valence-electron chi connectivity index (χ4n) is 1.16. The molecule has 0 aromatic carbocycles. The van der Waals surface area contributed by atoms with Crippen LogP contribution in [0.25, 0.3) is 0 Å². The summed E-state index contributed by atoms with van der Waals surface area (Å²) >= 11 is 0. The first kappa shape index (κ1) is 13.1. The summed E-state index contributed by atoms with van der Waals surface area (Å²) in [6, 6.07) is 1.01. The molecule has 0 radical (unpaired) electrons. The fourth-order valence-corrected chi connectivity index (χ4v) is 2.59. The molecule has 1 atom stereocenters. The topological polar surface area (TPSA) is 92.4 Å². The molecule has 7 heteroatoms. The maximum Gasteiger partial charge on any atom is 0.217 e. The van der Waals surface area contributed by atoms with E-state index in [1.807, 2.05) is 13.8 Å². The van der Waals surface area contributed by atoms with Crippen LogP contribution < -0.4 is 4.72 Å². The van der Waals surface area contributed by atoms with Gasteiger partial charge in [0, 0.05) is 12.1 Å². The van der Waals surface area contributed by atoms with Gasteiger partial charge in [-0.1, -0.05) is 19.0 Å². The maximum absolute atomic E-state index is 11.7. The number of nitrogens with zero attached hydrogens (tertiary/aromatic N) is 1. The summed E-state index contributed by atoms with van der Waals surface area (Å²) in [7, 11) is -3.49. The summed E-state index contributed by atoms with van der Waals surface area (Å²) in [5, 5.41) is 12.5. The number of nitrogens with one attached hydrogen (secondary N) is 1. The molecule has 0 bridgehead atoms. The first-order chi connectivity index (χ1) is 7.44. The standard InChI is InChI=1S/C9H16N2O4S/c1-7(2)9(5-12)11-16(13,14)6-8-3-4-15-10-8/h3-4,7,9,11-12H,5-6H2,1-2H3/t9-/m1/s1. The second-order valence-corrected chi connectivity index (χ2v) is 5.65. The van der Waals surface area contributed by atoms with Gasteiger partial charge >= 0.3 is 0 Å². The number of hydrogen-bond acceptors (Lipinski definition) is 5. The largest absolute Gasteiger partial charge is 0.395 e. The lowest BCUT2D eigenvalue weighted by Crippen LogP contribution is -2.41. The van der Waals surface area contributed by atoms with Crippen molar-refractivity contribution < 1.29 is 18.0 Å². The lowest BCUT2D eigenvalue weighted by molar-refractivity contribution is 0.227. The molecular weight excluding hydrogens is 232 g/mol. The summed E-state index contributed by atoms with van der Waals surface area (Å²) < 4.78 is 30.3. The molecule has 16 heavy (non-hydrogen) atoms. The number of sulfonamides is 1. The van der Waals surface area contributed by atoms with Crippen molar-refractivity contribution in [3.8, 4) is 0 Å². The van der Waals surface area contributed by atoms with Crippen molar-refractivity contribution in [1.82, 2.24) is 9.88 Å². The number of aromatic nitrogens is 1. The zero-order valence-corrected chi connectivity index (χ0v) is 10.1. The summed E-state index contributed by atoms with van der Waals surface area (Å²) in [6.07, 6.45) is 1.32. The van der Waals surface area contributed by atoms with Gasteiger partial charge in [0.1, 0.15) is 12.0 Å². The van der Waals surface area contributed by atoms with Crippen LogP contribution >= 0.6 is 0 Å². The molecule has 1 aromatic heterocycles. The minimum Gasteiger partial charge on any atom is -0.395 e. The Morgan fingerprint density at radius 3 is 2.69 bits per heavy atom. The summed E-state index contributed by atoms with van der Waals surface area (Å²) in [5.74, 6) is -0.218. The van der Waals surface area contributed by atoms with E-state index in [9.17, 15) is 8.42 Å². The van der Waals surface area contributed by atoms with Crippen LogP contribution in [0.15, 0.2) is 16.9 Å². The zero-order chi connectivity index (χ0) is 12.2. The molecule has 2 N–H and O–H groups in total. The van der Waals surface area contributed by atoms with E-state index in [0.29, 0.717) is 5.69 Å². The Kier molecular flexibility index (Phi) is 4.45. The van der Waals surface area contributed by atoms with Crippen LogP contribution in [-0.4, -0.2) is 31.3 Å².